The van der Waals surface area contributed by atoms with E-state index in [0.717, 1.165) is 32.5 Å². The van der Waals surface area contributed by atoms with Gasteiger partial charge in [-0.2, -0.15) is 0 Å². The summed E-state index contributed by atoms with van der Waals surface area (Å²) in [5, 5.41) is 8.74. The van der Waals surface area contributed by atoms with Gasteiger partial charge in [0.25, 0.3) is 5.91 Å². The maximum atomic E-state index is 12.7. The highest BCUT2D eigenvalue weighted by atomic mass is 35.5. The van der Waals surface area contributed by atoms with Gasteiger partial charge in [0.15, 0.2) is 0 Å². The van der Waals surface area contributed by atoms with E-state index in [0.29, 0.717) is 17.2 Å². The molecule has 6 nitrogen and oxygen atoms in total. The smallest absolute Gasteiger partial charge is 0.319 e. The molecule has 0 aliphatic carbocycles. The molecule has 0 atom stereocenters. The number of urea groups is 1. The molecule has 1 aliphatic heterocycles. The summed E-state index contributed by atoms with van der Waals surface area (Å²) in [6.45, 7) is 6.38. The first-order valence-electron chi connectivity index (χ1n) is 8.61. The third-order valence-electron chi connectivity index (χ3n) is 4.18. The van der Waals surface area contributed by atoms with Gasteiger partial charge >= 0.3 is 6.03 Å². The van der Waals surface area contributed by atoms with Crippen molar-refractivity contribution in [2.45, 2.75) is 32.7 Å². The van der Waals surface area contributed by atoms with Crippen molar-refractivity contribution in [1.29, 1.82) is 0 Å². The zero-order chi connectivity index (χ0) is 17.5. The second-order valence-corrected chi connectivity index (χ2v) is 6.63. The van der Waals surface area contributed by atoms with Crippen molar-refractivity contribution in [3.05, 3.63) is 29.8 Å². The van der Waals surface area contributed by atoms with Gasteiger partial charge in [-0.1, -0.05) is 6.07 Å². The van der Waals surface area contributed by atoms with Gasteiger partial charge in [0.1, 0.15) is 0 Å². The van der Waals surface area contributed by atoms with Gasteiger partial charge in [-0.25, -0.2) is 4.79 Å². The number of hydrogen-bond donors (Lipinski definition) is 3. The summed E-state index contributed by atoms with van der Waals surface area (Å²) in [6, 6.07) is 6.92. The number of halogens is 1. The molecular weight excluding hydrogens is 340 g/mol. The summed E-state index contributed by atoms with van der Waals surface area (Å²) in [4.78, 5) is 26.3. The molecule has 0 aromatic heterocycles. The van der Waals surface area contributed by atoms with Crippen LogP contribution in [0, 0.1) is 5.92 Å². The molecule has 1 saturated heterocycles. The van der Waals surface area contributed by atoms with E-state index in [1.165, 1.54) is 0 Å². The highest BCUT2D eigenvalue weighted by molar-refractivity contribution is 5.97. The van der Waals surface area contributed by atoms with Gasteiger partial charge in [-0.3, -0.25) is 4.79 Å². The standard InChI is InChI=1S/C18H28N4O2.ClH/c1-13(2)20-18(24)21-16-6-4-5-15(11-16)17(23)22-9-7-14(8-10-22)12-19-3;/h4-6,11,13-14,19H,7-10,12H2,1-3H3,(H2,20,21,24);1H. The van der Waals surface area contributed by atoms with Crippen LogP contribution in [0.1, 0.15) is 37.0 Å². The van der Waals surface area contributed by atoms with Crippen LogP contribution in [0.5, 0.6) is 0 Å². The summed E-state index contributed by atoms with van der Waals surface area (Å²) >= 11 is 0. The van der Waals surface area contributed by atoms with Crippen molar-refractivity contribution in [1.82, 2.24) is 15.5 Å². The van der Waals surface area contributed by atoms with Gasteiger partial charge < -0.3 is 20.9 Å². The topological polar surface area (TPSA) is 73.5 Å². The maximum absolute atomic E-state index is 12.7. The average Bonchev–Trinajstić information content (AvgIpc) is 2.54. The Labute approximate surface area is 156 Å². The van der Waals surface area contributed by atoms with Crippen LogP contribution in [0.2, 0.25) is 0 Å². The summed E-state index contributed by atoms with van der Waals surface area (Å²) in [5.74, 6) is 0.678. The molecule has 0 saturated carbocycles. The van der Waals surface area contributed by atoms with E-state index in [2.05, 4.69) is 16.0 Å². The predicted molar refractivity (Wildman–Crippen MR) is 104 cm³/mol. The Kier molecular flexibility index (Phi) is 8.72. The fraction of sp³-hybridized carbons (Fsp3) is 0.556. The SMILES string of the molecule is CNCC1CCN(C(=O)c2cccc(NC(=O)NC(C)C)c2)CC1.Cl. The number of carbonyl (C=O) groups is 2. The first-order chi connectivity index (χ1) is 11.5. The summed E-state index contributed by atoms with van der Waals surface area (Å²) in [5.41, 5.74) is 1.24. The van der Waals surface area contributed by atoms with Crippen LogP contribution in [0.3, 0.4) is 0 Å². The molecule has 1 heterocycles. The number of nitrogens with one attached hydrogen (secondary N) is 3. The van der Waals surface area contributed by atoms with Crippen LogP contribution in [-0.2, 0) is 0 Å². The third-order valence-corrected chi connectivity index (χ3v) is 4.18. The maximum Gasteiger partial charge on any atom is 0.319 e. The van der Waals surface area contributed by atoms with E-state index in [9.17, 15) is 9.59 Å². The van der Waals surface area contributed by atoms with Crippen LogP contribution in [0.4, 0.5) is 10.5 Å². The molecule has 2 rings (SSSR count). The van der Waals surface area contributed by atoms with Crippen molar-refractivity contribution < 1.29 is 9.59 Å². The molecule has 140 valence electrons. The fourth-order valence-electron chi connectivity index (χ4n) is 2.97. The molecular formula is C18H29ClN4O2. The molecule has 0 spiro atoms. The molecule has 0 unspecified atom stereocenters. The number of amides is 3. The van der Waals surface area contributed by atoms with Crippen molar-refractivity contribution in [2.75, 3.05) is 32.0 Å². The molecule has 1 fully saturated rings. The van der Waals surface area contributed by atoms with E-state index in [1.807, 2.05) is 25.8 Å². The monoisotopic (exact) mass is 368 g/mol. The predicted octanol–water partition coefficient (Wildman–Crippen LogP) is 2.71. The molecule has 0 radical (unpaired) electrons. The van der Waals surface area contributed by atoms with Gasteiger partial charge in [0, 0.05) is 30.4 Å². The second-order valence-electron chi connectivity index (χ2n) is 6.63. The minimum absolute atomic E-state index is 0. The molecule has 3 amide bonds. The number of likely N-dealkylation sites (tertiary alicyclic amines) is 1. The molecule has 1 aromatic rings. The molecule has 0 bridgehead atoms. The minimum Gasteiger partial charge on any atom is -0.339 e. The number of benzene rings is 1. The summed E-state index contributed by atoms with van der Waals surface area (Å²) in [6.07, 6.45) is 2.06. The molecule has 1 aromatic carbocycles. The van der Waals surface area contributed by atoms with Gasteiger partial charge in [0.05, 0.1) is 0 Å². The zero-order valence-corrected chi connectivity index (χ0v) is 16.0. The lowest BCUT2D eigenvalue weighted by molar-refractivity contribution is 0.0691. The van der Waals surface area contributed by atoms with Gasteiger partial charge in [0.2, 0.25) is 0 Å². The van der Waals surface area contributed by atoms with E-state index in [1.54, 1.807) is 24.3 Å². The Hall–Kier alpha value is -1.79. The molecule has 3 N–H and O–H groups in total. The third kappa shape index (κ3) is 6.55. The molecule has 1 aliphatic rings. The van der Waals surface area contributed by atoms with Crippen molar-refractivity contribution >= 4 is 30.0 Å². The highest BCUT2D eigenvalue weighted by Crippen LogP contribution is 2.19. The lowest BCUT2D eigenvalue weighted by Gasteiger charge is -2.32. The second kappa shape index (κ2) is 10.3. The first kappa shape index (κ1) is 21.3. The normalized spacial score (nSPS) is 14.8. The Morgan fingerprint density at radius 2 is 1.92 bits per heavy atom. The fourth-order valence-corrected chi connectivity index (χ4v) is 2.97. The van der Waals surface area contributed by atoms with Crippen LogP contribution in [-0.4, -0.2) is 49.6 Å². The molecule has 7 heteroatoms. The lowest BCUT2D eigenvalue weighted by atomic mass is 9.96. The zero-order valence-electron chi connectivity index (χ0n) is 15.2. The Balaban J connectivity index is 0.00000312. The largest absolute Gasteiger partial charge is 0.339 e. The number of rotatable bonds is 5. The van der Waals surface area contributed by atoms with E-state index < -0.39 is 0 Å². The number of piperidine rings is 1. The van der Waals surface area contributed by atoms with E-state index in [4.69, 9.17) is 0 Å². The van der Waals surface area contributed by atoms with E-state index >= 15 is 0 Å². The van der Waals surface area contributed by atoms with Crippen molar-refractivity contribution in [2.24, 2.45) is 5.92 Å². The Bertz CT molecular complexity index is 572. The Morgan fingerprint density at radius 1 is 1.24 bits per heavy atom. The number of carbonyl (C=O) groups excluding carboxylic acids is 2. The van der Waals surface area contributed by atoms with Crippen molar-refractivity contribution in [3.63, 3.8) is 0 Å². The number of nitrogens with zero attached hydrogens (tertiary/aromatic N) is 1. The van der Waals surface area contributed by atoms with Crippen LogP contribution < -0.4 is 16.0 Å². The van der Waals surface area contributed by atoms with Crippen LogP contribution >= 0.6 is 12.4 Å². The quantitative estimate of drug-likeness (QED) is 0.748. The number of hydrogen-bond acceptors (Lipinski definition) is 3. The summed E-state index contributed by atoms with van der Waals surface area (Å²) in [7, 11) is 1.96. The van der Waals surface area contributed by atoms with Crippen LogP contribution in [0.25, 0.3) is 0 Å². The van der Waals surface area contributed by atoms with E-state index in [-0.39, 0.29) is 30.4 Å². The van der Waals surface area contributed by atoms with Crippen LogP contribution in [0.15, 0.2) is 24.3 Å². The highest BCUT2D eigenvalue weighted by Gasteiger charge is 2.23. The minimum atomic E-state index is -0.262. The first-order valence-corrected chi connectivity index (χ1v) is 8.61. The Morgan fingerprint density at radius 3 is 2.52 bits per heavy atom. The van der Waals surface area contributed by atoms with Gasteiger partial charge in [-0.05, 0) is 64.4 Å². The summed E-state index contributed by atoms with van der Waals surface area (Å²) < 4.78 is 0. The van der Waals surface area contributed by atoms with Gasteiger partial charge in [-0.15, -0.1) is 12.4 Å². The average molecular weight is 369 g/mol. The lowest BCUT2D eigenvalue weighted by Crippen LogP contribution is -2.40. The molecule has 25 heavy (non-hydrogen) atoms. The van der Waals surface area contributed by atoms with Crippen molar-refractivity contribution in [3.8, 4) is 0 Å². The number of anilines is 1.